The first-order chi connectivity index (χ1) is 10.6. The second-order valence-corrected chi connectivity index (χ2v) is 6.15. The van der Waals surface area contributed by atoms with Crippen molar-refractivity contribution in [1.29, 1.82) is 0 Å². The van der Waals surface area contributed by atoms with Crippen LogP contribution in [0.1, 0.15) is 26.3 Å². The van der Waals surface area contributed by atoms with Crippen molar-refractivity contribution in [2.24, 2.45) is 0 Å². The number of carbonyl (C=O) groups excluding carboxylic acids is 1. The molecule has 1 aromatic carbocycles. The van der Waals surface area contributed by atoms with Crippen LogP contribution in [0.4, 0.5) is 16.2 Å². The molecule has 0 spiro atoms. The largest absolute Gasteiger partial charge is 0.524 e. The summed E-state index contributed by atoms with van der Waals surface area (Å²) in [6, 6.07) is 3.90. The molecule has 0 fully saturated rings. The Bertz CT molecular complexity index is 747. The molecule has 1 aliphatic rings. The molecular weight excluding hydrogens is 304 g/mol. The van der Waals surface area contributed by atoms with Gasteiger partial charge in [-0.3, -0.25) is 10.1 Å². The molecule has 1 aromatic rings. The molecule has 122 valence electrons. The van der Waals surface area contributed by atoms with Crippen LogP contribution in [0, 0.1) is 10.1 Å². The summed E-state index contributed by atoms with van der Waals surface area (Å²) < 4.78 is 3.86. The summed E-state index contributed by atoms with van der Waals surface area (Å²) in [5, 5.41) is 21.0. The second-order valence-electron chi connectivity index (χ2n) is 6.15. The van der Waals surface area contributed by atoms with Gasteiger partial charge in [0, 0.05) is 17.7 Å². The minimum atomic E-state index is -1.31. The highest BCUT2D eigenvalue weighted by atomic mass is 16.6. The van der Waals surface area contributed by atoms with Gasteiger partial charge >= 0.3 is 12.1 Å². The predicted molar refractivity (Wildman–Crippen MR) is 82.7 cm³/mol. The number of nitro groups is 1. The van der Waals surface area contributed by atoms with Crippen molar-refractivity contribution in [3.8, 4) is 0 Å². The highest BCUT2D eigenvalue weighted by molar-refractivity contribution is 6.08. The number of carboxylic acid groups (broad SMARTS) is 1. The van der Waals surface area contributed by atoms with E-state index in [0.29, 0.717) is 5.56 Å². The lowest BCUT2D eigenvalue weighted by molar-refractivity contribution is -0.384. The van der Waals surface area contributed by atoms with Gasteiger partial charge in [-0.15, -0.1) is 4.48 Å². The van der Waals surface area contributed by atoms with Gasteiger partial charge in [0.1, 0.15) is 5.54 Å². The van der Waals surface area contributed by atoms with Gasteiger partial charge < -0.3 is 9.84 Å². The lowest BCUT2D eigenvalue weighted by Gasteiger charge is -2.40. The van der Waals surface area contributed by atoms with Crippen LogP contribution in [0.15, 0.2) is 23.9 Å². The SMILES string of the molecule is COC(=O)C1=Cc2ccc([N+](=O)[O-])cc2[N+]1(C(=O)O)C(C)(C)C. The highest BCUT2D eigenvalue weighted by Gasteiger charge is 2.60. The highest BCUT2D eigenvalue weighted by Crippen LogP contribution is 2.48. The van der Waals surface area contributed by atoms with Crippen molar-refractivity contribution in [2.45, 2.75) is 26.3 Å². The zero-order chi connectivity index (χ0) is 17.6. The van der Waals surface area contributed by atoms with E-state index < -0.39 is 27.0 Å². The predicted octanol–water partition coefficient (Wildman–Crippen LogP) is 2.91. The first kappa shape index (κ1) is 16.6. The van der Waals surface area contributed by atoms with E-state index >= 15 is 0 Å². The minimum Gasteiger partial charge on any atom is -0.462 e. The molecule has 1 atom stereocenters. The number of nitro benzene ring substituents is 1. The molecule has 1 unspecified atom stereocenters. The third kappa shape index (κ3) is 2.18. The molecule has 23 heavy (non-hydrogen) atoms. The lowest BCUT2D eigenvalue weighted by atomic mass is 9.99. The zero-order valence-corrected chi connectivity index (χ0v) is 13.2. The summed E-state index contributed by atoms with van der Waals surface area (Å²) >= 11 is 0. The van der Waals surface area contributed by atoms with Crippen molar-refractivity contribution in [2.75, 3.05) is 7.11 Å². The smallest absolute Gasteiger partial charge is 0.462 e. The molecule has 0 aromatic heterocycles. The first-order valence-electron chi connectivity index (χ1n) is 6.79. The molecular formula is C15H17N2O6+. The third-order valence-electron chi connectivity index (χ3n) is 3.93. The normalized spacial score (nSPS) is 19.7. The number of quaternary nitrogens is 1. The van der Waals surface area contributed by atoms with Crippen LogP contribution in [0.2, 0.25) is 0 Å². The number of rotatable bonds is 2. The van der Waals surface area contributed by atoms with Crippen LogP contribution in [0.25, 0.3) is 6.08 Å². The Kier molecular flexibility index (Phi) is 3.73. The van der Waals surface area contributed by atoms with E-state index in [1.807, 2.05) is 0 Å². The minimum absolute atomic E-state index is 0.0944. The van der Waals surface area contributed by atoms with E-state index in [2.05, 4.69) is 0 Å². The summed E-state index contributed by atoms with van der Waals surface area (Å²) in [7, 11) is 1.16. The fourth-order valence-electron chi connectivity index (χ4n) is 2.95. The molecule has 2 rings (SSSR count). The van der Waals surface area contributed by atoms with Crippen molar-refractivity contribution in [3.63, 3.8) is 0 Å². The van der Waals surface area contributed by atoms with Crippen LogP contribution in [0.3, 0.4) is 0 Å². The quantitative estimate of drug-likeness (QED) is 0.388. The van der Waals surface area contributed by atoms with Crippen LogP contribution < -0.4 is 4.48 Å². The van der Waals surface area contributed by atoms with E-state index in [1.165, 1.54) is 24.3 Å². The van der Waals surface area contributed by atoms with Gasteiger partial charge in [-0.25, -0.2) is 4.79 Å². The number of carbonyl (C=O) groups is 2. The fraction of sp³-hybridized carbons (Fsp3) is 0.333. The molecule has 1 amide bonds. The van der Waals surface area contributed by atoms with Crippen molar-refractivity contribution < 1.29 is 24.4 Å². The number of non-ortho nitro benzene ring substituents is 1. The lowest BCUT2D eigenvalue weighted by Crippen LogP contribution is -2.64. The molecule has 0 bridgehead atoms. The number of hydrogen-bond donors (Lipinski definition) is 1. The number of amides is 1. The monoisotopic (exact) mass is 321 g/mol. The number of fused-ring (bicyclic) bond motifs is 1. The number of methoxy groups -OCH3 is 1. The molecule has 0 saturated carbocycles. The molecule has 0 saturated heterocycles. The number of esters is 1. The summed E-state index contributed by atoms with van der Waals surface area (Å²) in [6.07, 6.45) is 0.0953. The summed E-state index contributed by atoms with van der Waals surface area (Å²) in [6.45, 7) is 4.93. The Morgan fingerprint density at radius 1 is 1.30 bits per heavy atom. The second kappa shape index (κ2) is 5.17. The maximum absolute atomic E-state index is 12.2. The Morgan fingerprint density at radius 2 is 1.91 bits per heavy atom. The molecule has 1 N–H and O–H groups in total. The van der Waals surface area contributed by atoms with Gasteiger partial charge in [0.2, 0.25) is 5.70 Å². The Morgan fingerprint density at radius 3 is 2.35 bits per heavy atom. The standard InChI is InChI=1S/C15H16N2O6/c1-15(2,3)17(14(19)20)11-8-10(16(21)22)6-5-9(11)7-12(17)13(18)23-4/h5-8H,1-4H3/p+1. The number of benzene rings is 1. The Balaban J connectivity index is 2.87. The van der Waals surface area contributed by atoms with Crippen molar-refractivity contribution in [3.05, 3.63) is 39.6 Å². The van der Waals surface area contributed by atoms with E-state index in [1.54, 1.807) is 20.8 Å². The van der Waals surface area contributed by atoms with Gasteiger partial charge in [-0.2, -0.15) is 4.79 Å². The maximum Gasteiger partial charge on any atom is 0.524 e. The summed E-state index contributed by atoms with van der Waals surface area (Å²) in [5.41, 5.74) is -0.709. The molecule has 1 aliphatic heterocycles. The van der Waals surface area contributed by atoms with Gasteiger partial charge in [0.25, 0.3) is 5.69 Å². The summed E-state index contributed by atoms with van der Waals surface area (Å²) in [4.78, 5) is 34.8. The average Bonchev–Trinajstić information content (AvgIpc) is 2.80. The van der Waals surface area contributed by atoms with Gasteiger partial charge in [0.05, 0.1) is 18.1 Å². The fourth-order valence-corrected chi connectivity index (χ4v) is 2.95. The average molecular weight is 321 g/mol. The third-order valence-corrected chi connectivity index (χ3v) is 3.93. The van der Waals surface area contributed by atoms with Crippen LogP contribution in [-0.4, -0.2) is 34.7 Å². The van der Waals surface area contributed by atoms with Gasteiger partial charge in [-0.05, 0) is 26.8 Å². The van der Waals surface area contributed by atoms with Gasteiger partial charge in [0.15, 0.2) is 5.69 Å². The first-order valence-corrected chi connectivity index (χ1v) is 6.79. The molecule has 0 radical (unpaired) electrons. The van der Waals surface area contributed by atoms with E-state index in [-0.39, 0.29) is 17.1 Å². The topological polar surface area (TPSA) is 107 Å². The zero-order valence-electron chi connectivity index (χ0n) is 13.2. The van der Waals surface area contributed by atoms with Crippen LogP contribution >= 0.6 is 0 Å². The van der Waals surface area contributed by atoms with E-state index in [0.717, 1.165) is 7.11 Å². The van der Waals surface area contributed by atoms with Crippen molar-refractivity contribution >= 4 is 29.5 Å². The molecule has 0 aliphatic carbocycles. The summed E-state index contributed by atoms with van der Waals surface area (Å²) in [5.74, 6) is -0.791. The Labute approximate surface area is 132 Å². The maximum atomic E-state index is 12.2. The molecule has 1 heterocycles. The number of ether oxygens (including phenoxy) is 1. The van der Waals surface area contributed by atoms with Crippen molar-refractivity contribution in [1.82, 2.24) is 4.48 Å². The van der Waals surface area contributed by atoms with E-state index in [9.17, 15) is 24.8 Å². The Hall–Kier alpha value is -2.74. The number of hydrogen-bond acceptors (Lipinski definition) is 5. The van der Waals surface area contributed by atoms with Gasteiger partial charge in [-0.1, -0.05) is 0 Å². The van der Waals surface area contributed by atoms with E-state index in [4.69, 9.17) is 4.74 Å². The van der Waals surface area contributed by atoms with Crippen LogP contribution in [-0.2, 0) is 9.53 Å². The van der Waals surface area contributed by atoms with Crippen LogP contribution in [0.5, 0.6) is 0 Å². The molecule has 8 nitrogen and oxygen atoms in total. The number of nitrogens with zero attached hydrogens (tertiary/aromatic N) is 2. The molecule has 8 heteroatoms.